The van der Waals surface area contributed by atoms with E-state index in [2.05, 4.69) is 24.6 Å². The highest BCUT2D eigenvalue weighted by Gasteiger charge is 2.24. The number of nitrogens with one attached hydrogen (secondary N) is 1. The maximum absolute atomic E-state index is 12.8. The zero-order valence-corrected chi connectivity index (χ0v) is 17.0. The Labute approximate surface area is 162 Å². The van der Waals surface area contributed by atoms with Gasteiger partial charge in [0.15, 0.2) is 0 Å². The molecular formula is C22H31NO2S. The van der Waals surface area contributed by atoms with E-state index < -0.39 is 0 Å². The quantitative estimate of drug-likeness (QED) is 0.322. The number of phenolic OH excluding ortho intramolecular Hbond substituents is 1. The van der Waals surface area contributed by atoms with Crippen LogP contribution in [-0.4, -0.2) is 11.0 Å². The average Bonchev–Trinajstić information content (AvgIpc) is 2.62. The number of carbonyl (C=O) groups is 1. The summed E-state index contributed by atoms with van der Waals surface area (Å²) in [6.45, 7) is 6.22. The second-order valence-corrected chi connectivity index (χ2v) is 7.74. The molecule has 1 aromatic carbocycles. The van der Waals surface area contributed by atoms with Gasteiger partial charge in [-0.25, -0.2) is 0 Å². The van der Waals surface area contributed by atoms with E-state index in [0.717, 1.165) is 56.1 Å². The van der Waals surface area contributed by atoms with Gasteiger partial charge in [0.1, 0.15) is 5.75 Å². The molecule has 0 bridgehead atoms. The maximum Gasteiger partial charge on any atom is 0.265 e. The van der Waals surface area contributed by atoms with Gasteiger partial charge in [-0.2, -0.15) is 0 Å². The Morgan fingerprint density at radius 3 is 2.88 bits per heavy atom. The van der Waals surface area contributed by atoms with E-state index in [1.165, 1.54) is 17.5 Å². The Hall–Kier alpha value is -1.68. The standard InChI is InChI=1S/C22H31NO2S/c1-4-6-7-10-17-12-13-19(18-11-8-9-16(3)15-18)21(24)20(17)22(25)23-26-14-5-2/h5,12-15,18,24H,4,6-11H2,1-3H3,(H,23,25)/b14-5+. The molecule has 3 nitrogen and oxygen atoms in total. The van der Waals surface area contributed by atoms with Crippen molar-refractivity contribution in [2.45, 2.75) is 71.6 Å². The molecule has 2 N–H and O–H groups in total. The van der Waals surface area contributed by atoms with Crippen molar-refractivity contribution < 1.29 is 9.90 Å². The van der Waals surface area contributed by atoms with E-state index >= 15 is 0 Å². The molecule has 4 heteroatoms. The lowest BCUT2D eigenvalue weighted by Gasteiger charge is -2.23. The predicted molar refractivity (Wildman–Crippen MR) is 112 cm³/mol. The van der Waals surface area contributed by atoms with Gasteiger partial charge >= 0.3 is 0 Å². The monoisotopic (exact) mass is 373 g/mol. The van der Waals surface area contributed by atoms with Gasteiger partial charge in [-0.1, -0.05) is 49.6 Å². The van der Waals surface area contributed by atoms with Crippen LogP contribution in [0.5, 0.6) is 5.75 Å². The van der Waals surface area contributed by atoms with Crippen molar-refractivity contribution in [3.05, 3.63) is 52.0 Å². The van der Waals surface area contributed by atoms with E-state index in [1.54, 1.807) is 0 Å². The summed E-state index contributed by atoms with van der Waals surface area (Å²) in [5.41, 5.74) is 3.63. The van der Waals surface area contributed by atoms with Crippen molar-refractivity contribution in [3.8, 4) is 5.75 Å². The fourth-order valence-electron chi connectivity index (χ4n) is 3.54. The van der Waals surface area contributed by atoms with Gasteiger partial charge in [0, 0.05) is 11.5 Å². The van der Waals surface area contributed by atoms with E-state index in [0.29, 0.717) is 5.56 Å². The normalized spacial score (nSPS) is 17.3. The highest BCUT2D eigenvalue weighted by atomic mass is 32.2. The molecule has 0 radical (unpaired) electrons. The molecule has 1 aliphatic carbocycles. The molecule has 1 unspecified atom stereocenters. The van der Waals surface area contributed by atoms with Crippen LogP contribution in [0.25, 0.3) is 0 Å². The highest BCUT2D eigenvalue weighted by Crippen LogP contribution is 2.38. The lowest BCUT2D eigenvalue weighted by atomic mass is 9.83. The lowest BCUT2D eigenvalue weighted by Crippen LogP contribution is -2.18. The van der Waals surface area contributed by atoms with E-state index in [4.69, 9.17) is 0 Å². The molecule has 0 heterocycles. The molecule has 1 atom stereocenters. The summed E-state index contributed by atoms with van der Waals surface area (Å²) in [6.07, 6.45) is 11.5. The molecule has 0 fully saturated rings. The first kappa shape index (κ1) is 20.6. The van der Waals surface area contributed by atoms with Crippen molar-refractivity contribution >= 4 is 17.9 Å². The number of allylic oxidation sites excluding steroid dienone is 3. The highest BCUT2D eigenvalue weighted by molar-refractivity contribution is 8.00. The van der Waals surface area contributed by atoms with Crippen LogP contribution in [0.4, 0.5) is 0 Å². The Balaban J connectivity index is 2.35. The van der Waals surface area contributed by atoms with Crippen LogP contribution >= 0.6 is 11.9 Å². The van der Waals surface area contributed by atoms with Gasteiger partial charge in [-0.15, -0.1) is 0 Å². The Bertz CT molecular complexity index is 679. The fraction of sp³-hybridized carbons (Fsp3) is 0.500. The van der Waals surface area contributed by atoms with E-state index in [1.807, 2.05) is 30.5 Å². The smallest absolute Gasteiger partial charge is 0.265 e. The largest absolute Gasteiger partial charge is 0.507 e. The first-order valence-electron chi connectivity index (χ1n) is 9.67. The van der Waals surface area contributed by atoms with Gasteiger partial charge in [0.05, 0.1) is 5.56 Å². The molecule has 0 spiro atoms. The van der Waals surface area contributed by atoms with Crippen LogP contribution < -0.4 is 4.72 Å². The zero-order valence-electron chi connectivity index (χ0n) is 16.2. The summed E-state index contributed by atoms with van der Waals surface area (Å²) in [6, 6.07) is 4.06. The van der Waals surface area contributed by atoms with Crippen LogP contribution in [0.2, 0.25) is 0 Å². The Kier molecular flexibility index (Phi) is 8.30. The third kappa shape index (κ3) is 5.41. The molecule has 1 aliphatic rings. The Morgan fingerprint density at radius 1 is 1.38 bits per heavy atom. The summed E-state index contributed by atoms with van der Waals surface area (Å²) >= 11 is 1.24. The molecular weight excluding hydrogens is 342 g/mol. The number of hydrogen-bond acceptors (Lipinski definition) is 3. The molecule has 142 valence electrons. The third-order valence-electron chi connectivity index (χ3n) is 4.90. The molecule has 0 aliphatic heterocycles. The summed E-state index contributed by atoms with van der Waals surface area (Å²) in [4.78, 5) is 12.8. The lowest BCUT2D eigenvalue weighted by molar-refractivity contribution is 0.0981. The van der Waals surface area contributed by atoms with Gasteiger partial charge in [-0.05, 0) is 68.9 Å². The van der Waals surface area contributed by atoms with Crippen LogP contribution in [-0.2, 0) is 6.42 Å². The van der Waals surface area contributed by atoms with E-state index in [9.17, 15) is 9.90 Å². The average molecular weight is 374 g/mol. The first-order chi connectivity index (χ1) is 12.6. The Morgan fingerprint density at radius 2 is 2.19 bits per heavy atom. The predicted octanol–water partition coefficient (Wildman–Crippen LogP) is 6.25. The summed E-state index contributed by atoms with van der Waals surface area (Å²) in [5.74, 6) is 0.146. The number of benzene rings is 1. The molecule has 26 heavy (non-hydrogen) atoms. The number of phenols is 1. The van der Waals surface area contributed by atoms with Crippen molar-refractivity contribution in [2.24, 2.45) is 0 Å². The number of carbonyl (C=O) groups excluding carboxylic acids is 1. The molecule has 1 aromatic rings. The molecule has 0 saturated carbocycles. The molecule has 0 aromatic heterocycles. The number of hydrogen-bond donors (Lipinski definition) is 2. The van der Waals surface area contributed by atoms with Crippen molar-refractivity contribution in [2.75, 3.05) is 0 Å². The first-order valence-corrected chi connectivity index (χ1v) is 10.6. The number of rotatable bonds is 8. The summed E-state index contributed by atoms with van der Waals surface area (Å²) in [5, 5.41) is 12.8. The van der Waals surface area contributed by atoms with Crippen molar-refractivity contribution in [3.63, 3.8) is 0 Å². The summed E-state index contributed by atoms with van der Waals surface area (Å²) < 4.78 is 2.83. The van der Waals surface area contributed by atoms with Crippen LogP contribution in [0, 0.1) is 0 Å². The minimum Gasteiger partial charge on any atom is -0.507 e. The van der Waals surface area contributed by atoms with Gasteiger partial charge in [0.25, 0.3) is 5.91 Å². The molecule has 1 amide bonds. The third-order valence-corrected chi connectivity index (χ3v) is 5.61. The zero-order chi connectivity index (χ0) is 18.9. The van der Waals surface area contributed by atoms with Crippen molar-refractivity contribution in [1.29, 1.82) is 0 Å². The number of amides is 1. The fourth-order valence-corrected chi connectivity index (χ4v) is 3.95. The van der Waals surface area contributed by atoms with Crippen LogP contribution in [0.1, 0.15) is 86.7 Å². The molecule has 0 saturated heterocycles. The number of unbranched alkanes of at least 4 members (excludes halogenated alkanes) is 2. The second-order valence-electron chi connectivity index (χ2n) is 7.02. The maximum atomic E-state index is 12.8. The van der Waals surface area contributed by atoms with Crippen LogP contribution in [0.3, 0.4) is 0 Å². The van der Waals surface area contributed by atoms with Crippen molar-refractivity contribution in [1.82, 2.24) is 4.72 Å². The SMILES string of the molecule is C/C=C/SNC(=O)c1c(CCCCC)ccc(C2C=C(C)CCC2)c1O. The minimum atomic E-state index is -0.213. The molecule has 2 rings (SSSR count). The topological polar surface area (TPSA) is 49.3 Å². The van der Waals surface area contributed by atoms with E-state index in [-0.39, 0.29) is 17.6 Å². The minimum absolute atomic E-state index is 0.161. The van der Waals surface area contributed by atoms with Gasteiger partial charge < -0.3 is 5.11 Å². The summed E-state index contributed by atoms with van der Waals surface area (Å²) in [7, 11) is 0. The number of aryl methyl sites for hydroxylation is 1. The van der Waals surface area contributed by atoms with Gasteiger partial charge in [-0.3, -0.25) is 9.52 Å². The number of aromatic hydroxyl groups is 1. The van der Waals surface area contributed by atoms with Gasteiger partial charge in [0.2, 0.25) is 0 Å². The second kappa shape index (κ2) is 10.5. The van der Waals surface area contributed by atoms with Crippen LogP contribution in [0.15, 0.2) is 35.3 Å².